The molecule has 0 aliphatic carbocycles. The van der Waals surface area contributed by atoms with Gasteiger partial charge in [0.05, 0.1) is 6.17 Å². The van der Waals surface area contributed by atoms with Crippen LogP contribution in [0.5, 0.6) is 0 Å². The summed E-state index contributed by atoms with van der Waals surface area (Å²) in [5, 5.41) is 0. The maximum absolute atomic E-state index is 13.0. The first kappa shape index (κ1) is 13.7. The fraction of sp³-hybridized carbons (Fsp3) is 1.00. The minimum atomic E-state index is -1.72. The second kappa shape index (κ2) is 9.29. The molecule has 0 aromatic carbocycles. The molecular weight excluding hydrogens is 226 g/mol. The second-order valence-corrected chi connectivity index (χ2v) is 8.51. The van der Waals surface area contributed by atoms with Crippen LogP contribution in [0.3, 0.4) is 0 Å². The zero-order valence-electron chi connectivity index (χ0n) is 8.24. The molecule has 0 spiro atoms. The van der Waals surface area contributed by atoms with E-state index in [0.29, 0.717) is 12.5 Å². The molecular formula is C9H19Cl2FSi. The van der Waals surface area contributed by atoms with Crippen molar-refractivity contribution in [2.75, 3.05) is 0 Å². The van der Waals surface area contributed by atoms with Crippen LogP contribution in [0.1, 0.15) is 45.4 Å². The van der Waals surface area contributed by atoms with E-state index in [9.17, 15) is 4.39 Å². The first-order valence-electron chi connectivity index (χ1n) is 5.09. The maximum Gasteiger partial charge on any atom is 0.239 e. The van der Waals surface area contributed by atoms with Crippen molar-refractivity contribution in [2.24, 2.45) is 0 Å². The van der Waals surface area contributed by atoms with Gasteiger partial charge in [-0.2, -0.15) is 22.2 Å². The smallest absolute Gasteiger partial charge is 0.239 e. The van der Waals surface area contributed by atoms with Crippen molar-refractivity contribution in [1.29, 1.82) is 0 Å². The number of unbranched alkanes of at least 4 members (excludes halogenated alkanes) is 4. The summed E-state index contributed by atoms with van der Waals surface area (Å²) in [7, 11) is -1.72. The Labute approximate surface area is 91.8 Å². The average Bonchev–Trinajstić information content (AvgIpc) is 2.02. The molecule has 13 heavy (non-hydrogen) atoms. The topological polar surface area (TPSA) is 0 Å². The van der Waals surface area contributed by atoms with Crippen LogP contribution in [-0.4, -0.2) is 13.6 Å². The molecule has 0 fully saturated rings. The Morgan fingerprint density at radius 3 is 2.31 bits per heavy atom. The summed E-state index contributed by atoms with van der Waals surface area (Å²) in [5.41, 5.74) is 0. The zero-order chi connectivity index (χ0) is 10.1. The molecule has 0 saturated heterocycles. The summed E-state index contributed by atoms with van der Waals surface area (Å²) >= 11 is 11.2. The van der Waals surface area contributed by atoms with Crippen LogP contribution in [-0.2, 0) is 0 Å². The number of alkyl halides is 1. The first-order chi connectivity index (χ1) is 6.16. The maximum atomic E-state index is 13.0. The summed E-state index contributed by atoms with van der Waals surface area (Å²) < 4.78 is 13.0. The van der Waals surface area contributed by atoms with E-state index in [2.05, 4.69) is 6.92 Å². The van der Waals surface area contributed by atoms with Crippen LogP contribution in [0.25, 0.3) is 0 Å². The fourth-order valence-corrected chi connectivity index (χ4v) is 3.06. The summed E-state index contributed by atoms with van der Waals surface area (Å²) in [5.74, 6) is 0. The molecule has 0 amide bonds. The van der Waals surface area contributed by atoms with Crippen LogP contribution < -0.4 is 0 Å². The standard InChI is InChI=1S/C9H19Cl2FSi/c1-2-3-4-5-6-7-9(12)8-13(10)11/h9,13H,2-8H2,1H3. The van der Waals surface area contributed by atoms with Gasteiger partial charge in [-0.3, -0.25) is 0 Å². The molecule has 1 unspecified atom stereocenters. The van der Waals surface area contributed by atoms with Gasteiger partial charge >= 0.3 is 0 Å². The van der Waals surface area contributed by atoms with Gasteiger partial charge in [0, 0.05) is 0 Å². The normalized spacial score (nSPS) is 13.6. The molecule has 0 heterocycles. The van der Waals surface area contributed by atoms with Crippen molar-refractivity contribution < 1.29 is 4.39 Å². The highest BCUT2D eigenvalue weighted by Gasteiger charge is 2.12. The molecule has 4 heteroatoms. The Morgan fingerprint density at radius 2 is 1.77 bits per heavy atom. The average molecular weight is 245 g/mol. The molecule has 1 atom stereocenters. The SMILES string of the molecule is CCCCCCCC(F)C[SiH](Cl)Cl. The molecule has 0 aromatic heterocycles. The van der Waals surface area contributed by atoms with E-state index in [1.165, 1.54) is 19.3 Å². The Balaban J connectivity index is 3.12. The highest BCUT2D eigenvalue weighted by molar-refractivity contribution is 7.33. The molecule has 0 nitrogen and oxygen atoms in total. The Bertz CT molecular complexity index is 112. The highest BCUT2D eigenvalue weighted by atomic mass is 35.7. The van der Waals surface area contributed by atoms with Gasteiger partial charge in [-0.1, -0.05) is 39.0 Å². The van der Waals surface area contributed by atoms with Crippen LogP contribution in [0.4, 0.5) is 4.39 Å². The van der Waals surface area contributed by atoms with Gasteiger partial charge in [-0.05, 0) is 12.5 Å². The monoisotopic (exact) mass is 244 g/mol. The third-order valence-corrected chi connectivity index (χ3v) is 3.99. The molecule has 0 aliphatic heterocycles. The number of hydrogen-bond acceptors (Lipinski definition) is 0. The number of rotatable bonds is 8. The lowest BCUT2D eigenvalue weighted by molar-refractivity contribution is 0.329. The third-order valence-electron chi connectivity index (χ3n) is 2.05. The molecule has 0 aromatic rings. The summed E-state index contributed by atoms with van der Waals surface area (Å²) in [6, 6.07) is 0.414. The van der Waals surface area contributed by atoms with Gasteiger partial charge in [0.25, 0.3) is 0 Å². The molecule has 0 aliphatic rings. The van der Waals surface area contributed by atoms with E-state index in [-0.39, 0.29) is 0 Å². The van der Waals surface area contributed by atoms with E-state index in [0.717, 1.165) is 12.8 Å². The molecule has 0 saturated carbocycles. The van der Waals surface area contributed by atoms with Gasteiger partial charge < -0.3 is 0 Å². The van der Waals surface area contributed by atoms with Crippen LogP contribution in [0.2, 0.25) is 6.04 Å². The van der Waals surface area contributed by atoms with Gasteiger partial charge in [-0.25, -0.2) is 4.39 Å². The quantitative estimate of drug-likeness (QED) is 0.338. The molecule has 0 N–H and O–H groups in total. The van der Waals surface area contributed by atoms with E-state index in [4.69, 9.17) is 22.2 Å². The summed E-state index contributed by atoms with van der Waals surface area (Å²) in [6.45, 7) is 2.18. The van der Waals surface area contributed by atoms with Crippen LogP contribution in [0, 0.1) is 0 Å². The van der Waals surface area contributed by atoms with Crippen molar-refractivity contribution >= 4 is 29.6 Å². The Kier molecular flexibility index (Phi) is 9.81. The lowest BCUT2D eigenvalue weighted by atomic mass is 10.1. The lowest BCUT2D eigenvalue weighted by Crippen LogP contribution is -2.06. The van der Waals surface area contributed by atoms with Crippen molar-refractivity contribution in [2.45, 2.75) is 57.7 Å². The van der Waals surface area contributed by atoms with Crippen molar-refractivity contribution in [3.8, 4) is 0 Å². The first-order valence-corrected chi connectivity index (χ1v) is 9.39. The Hall–Kier alpha value is 0.727. The van der Waals surface area contributed by atoms with Crippen molar-refractivity contribution in [3.63, 3.8) is 0 Å². The zero-order valence-corrected chi connectivity index (χ0v) is 10.9. The van der Waals surface area contributed by atoms with E-state index < -0.39 is 13.6 Å². The number of hydrogen-bond donors (Lipinski definition) is 0. The van der Waals surface area contributed by atoms with Gasteiger partial charge in [0.2, 0.25) is 7.42 Å². The molecule has 80 valence electrons. The lowest BCUT2D eigenvalue weighted by Gasteiger charge is -2.06. The summed E-state index contributed by atoms with van der Waals surface area (Å²) in [4.78, 5) is 0. The fourth-order valence-electron chi connectivity index (χ4n) is 1.28. The highest BCUT2D eigenvalue weighted by Crippen LogP contribution is 2.16. The predicted octanol–water partition coefficient (Wildman–Crippen LogP) is 4.38. The Morgan fingerprint density at radius 1 is 1.15 bits per heavy atom. The molecule has 0 rings (SSSR count). The largest absolute Gasteiger partial charge is 0.248 e. The summed E-state index contributed by atoms with van der Waals surface area (Å²) in [6.07, 6.45) is 5.74. The van der Waals surface area contributed by atoms with Crippen LogP contribution in [0.15, 0.2) is 0 Å². The minimum absolute atomic E-state index is 0.414. The number of halogens is 3. The van der Waals surface area contributed by atoms with Gasteiger partial charge in [0.1, 0.15) is 0 Å². The predicted molar refractivity (Wildman–Crippen MR) is 61.9 cm³/mol. The van der Waals surface area contributed by atoms with E-state index >= 15 is 0 Å². The minimum Gasteiger partial charge on any atom is -0.248 e. The van der Waals surface area contributed by atoms with Crippen molar-refractivity contribution in [3.05, 3.63) is 0 Å². The molecule has 0 radical (unpaired) electrons. The van der Waals surface area contributed by atoms with Gasteiger partial charge in [0.15, 0.2) is 0 Å². The van der Waals surface area contributed by atoms with E-state index in [1.807, 2.05) is 0 Å². The van der Waals surface area contributed by atoms with Gasteiger partial charge in [-0.15, -0.1) is 0 Å². The molecule has 0 bridgehead atoms. The second-order valence-electron chi connectivity index (χ2n) is 3.43. The van der Waals surface area contributed by atoms with Crippen LogP contribution >= 0.6 is 22.2 Å². The van der Waals surface area contributed by atoms with Crippen molar-refractivity contribution in [1.82, 2.24) is 0 Å². The third kappa shape index (κ3) is 10.6. The van der Waals surface area contributed by atoms with E-state index in [1.54, 1.807) is 0 Å².